The van der Waals surface area contributed by atoms with Crippen LogP contribution in [0.5, 0.6) is 0 Å². The average molecular weight is 253 g/mol. The molecule has 4 nitrogen and oxygen atoms in total. The van der Waals surface area contributed by atoms with E-state index in [9.17, 15) is 0 Å². The lowest BCUT2D eigenvalue weighted by Gasteiger charge is -2.47. The molecule has 3 fully saturated rings. The summed E-state index contributed by atoms with van der Waals surface area (Å²) < 4.78 is 5.83. The minimum Gasteiger partial charge on any atom is -0.375 e. The summed E-state index contributed by atoms with van der Waals surface area (Å²) in [5.41, 5.74) is 0.0813. The number of ether oxygens (including phenoxy) is 1. The standard InChI is InChI=1S/C14H27N3O/c1-14(2)9-12(3-8-18-14)16-4-6-17(7-5-16)13-10-15-11-13/h12-13,15H,3-11H2,1-2H3. The number of nitrogens with zero attached hydrogens (tertiary/aromatic N) is 2. The Morgan fingerprint density at radius 1 is 1.00 bits per heavy atom. The monoisotopic (exact) mass is 253 g/mol. The minimum absolute atomic E-state index is 0.0813. The molecule has 0 aromatic rings. The Kier molecular flexibility index (Phi) is 3.63. The molecule has 1 atom stereocenters. The van der Waals surface area contributed by atoms with Gasteiger partial charge >= 0.3 is 0 Å². The van der Waals surface area contributed by atoms with Crippen LogP contribution in [0.4, 0.5) is 0 Å². The van der Waals surface area contributed by atoms with Gasteiger partial charge in [0.05, 0.1) is 5.60 Å². The van der Waals surface area contributed by atoms with Crippen molar-refractivity contribution in [1.82, 2.24) is 15.1 Å². The molecule has 1 N–H and O–H groups in total. The van der Waals surface area contributed by atoms with Crippen LogP contribution >= 0.6 is 0 Å². The highest BCUT2D eigenvalue weighted by Crippen LogP contribution is 2.28. The van der Waals surface area contributed by atoms with Gasteiger partial charge in [-0.15, -0.1) is 0 Å². The predicted octanol–water partition coefficient (Wildman–Crippen LogP) is 0.533. The first-order chi connectivity index (χ1) is 8.64. The Bertz CT molecular complexity index is 283. The van der Waals surface area contributed by atoms with E-state index < -0.39 is 0 Å². The van der Waals surface area contributed by atoms with Gasteiger partial charge in [-0.25, -0.2) is 0 Å². The molecule has 3 aliphatic heterocycles. The van der Waals surface area contributed by atoms with Crippen LogP contribution in [0, 0.1) is 0 Å². The highest BCUT2D eigenvalue weighted by Gasteiger charge is 2.35. The summed E-state index contributed by atoms with van der Waals surface area (Å²) in [6.45, 7) is 12.8. The van der Waals surface area contributed by atoms with Crippen molar-refractivity contribution in [2.24, 2.45) is 0 Å². The summed E-state index contributed by atoms with van der Waals surface area (Å²) in [6.07, 6.45) is 2.41. The average Bonchev–Trinajstić information content (AvgIpc) is 2.26. The van der Waals surface area contributed by atoms with Gasteiger partial charge in [-0.1, -0.05) is 0 Å². The third-order valence-corrected chi connectivity index (χ3v) is 4.81. The van der Waals surface area contributed by atoms with Crippen molar-refractivity contribution in [3.63, 3.8) is 0 Å². The van der Waals surface area contributed by atoms with E-state index in [1.165, 1.54) is 52.1 Å². The smallest absolute Gasteiger partial charge is 0.0641 e. The Labute approximate surface area is 111 Å². The lowest BCUT2D eigenvalue weighted by Crippen LogP contribution is -2.63. The van der Waals surface area contributed by atoms with Gasteiger partial charge < -0.3 is 10.1 Å². The van der Waals surface area contributed by atoms with E-state index in [1.807, 2.05) is 0 Å². The first-order valence-electron chi connectivity index (χ1n) is 7.47. The predicted molar refractivity (Wildman–Crippen MR) is 72.9 cm³/mol. The van der Waals surface area contributed by atoms with Gasteiger partial charge in [-0.05, 0) is 26.7 Å². The molecule has 0 aromatic carbocycles. The van der Waals surface area contributed by atoms with Crippen LogP contribution in [0.2, 0.25) is 0 Å². The van der Waals surface area contributed by atoms with Gasteiger partial charge in [0.15, 0.2) is 0 Å². The summed E-state index contributed by atoms with van der Waals surface area (Å²) in [6, 6.07) is 1.56. The molecule has 0 aromatic heterocycles. The SMILES string of the molecule is CC1(C)CC(N2CCN(C3CNC3)CC2)CCO1. The fraction of sp³-hybridized carbons (Fsp3) is 1.00. The molecule has 3 rings (SSSR count). The topological polar surface area (TPSA) is 27.7 Å². The molecular formula is C14H27N3O. The van der Waals surface area contributed by atoms with Gasteiger partial charge in [0, 0.05) is 58.0 Å². The van der Waals surface area contributed by atoms with Gasteiger partial charge in [-0.2, -0.15) is 0 Å². The molecule has 18 heavy (non-hydrogen) atoms. The summed E-state index contributed by atoms with van der Waals surface area (Å²) in [7, 11) is 0. The molecule has 104 valence electrons. The summed E-state index contributed by atoms with van der Waals surface area (Å²) in [5, 5.41) is 3.37. The molecule has 1 unspecified atom stereocenters. The van der Waals surface area contributed by atoms with Crippen molar-refractivity contribution in [2.45, 2.75) is 44.4 Å². The highest BCUT2D eigenvalue weighted by atomic mass is 16.5. The van der Waals surface area contributed by atoms with Gasteiger partial charge in [0.25, 0.3) is 0 Å². The molecule has 0 aliphatic carbocycles. The molecule has 3 aliphatic rings. The summed E-state index contributed by atoms with van der Waals surface area (Å²) in [5.74, 6) is 0. The number of piperazine rings is 1. The number of rotatable bonds is 2. The number of hydrogen-bond donors (Lipinski definition) is 1. The van der Waals surface area contributed by atoms with E-state index in [-0.39, 0.29) is 5.60 Å². The fourth-order valence-corrected chi connectivity index (χ4v) is 3.51. The van der Waals surface area contributed by atoms with E-state index in [4.69, 9.17) is 4.74 Å². The molecular weight excluding hydrogens is 226 g/mol. The molecule has 0 saturated carbocycles. The van der Waals surface area contributed by atoms with Crippen LogP contribution in [0.3, 0.4) is 0 Å². The van der Waals surface area contributed by atoms with E-state index in [0.717, 1.165) is 18.7 Å². The van der Waals surface area contributed by atoms with Crippen molar-refractivity contribution in [3.05, 3.63) is 0 Å². The molecule has 0 amide bonds. The maximum Gasteiger partial charge on any atom is 0.0641 e. The highest BCUT2D eigenvalue weighted by molar-refractivity contribution is 4.91. The quantitative estimate of drug-likeness (QED) is 0.777. The van der Waals surface area contributed by atoms with Crippen molar-refractivity contribution < 1.29 is 4.74 Å². The van der Waals surface area contributed by atoms with Crippen LogP contribution in [0.15, 0.2) is 0 Å². The Hall–Kier alpha value is -0.160. The molecule has 4 heteroatoms. The minimum atomic E-state index is 0.0813. The van der Waals surface area contributed by atoms with Crippen LogP contribution in [0.25, 0.3) is 0 Å². The van der Waals surface area contributed by atoms with Crippen molar-refractivity contribution in [3.8, 4) is 0 Å². The van der Waals surface area contributed by atoms with E-state index in [0.29, 0.717) is 0 Å². The van der Waals surface area contributed by atoms with Crippen molar-refractivity contribution in [2.75, 3.05) is 45.9 Å². The van der Waals surface area contributed by atoms with Gasteiger partial charge in [0.2, 0.25) is 0 Å². The Balaban J connectivity index is 1.49. The second-order valence-corrected chi connectivity index (χ2v) is 6.64. The van der Waals surface area contributed by atoms with E-state index in [1.54, 1.807) is 0 Å². The largest absolute Gasteiger partial charge is 0.375 e. The zero-order valence-electron chi connectivity index (χ0n) is 11.8. The van der Waals surface area contributed by atoms with Gasteiger partial charge in [-0.3, -0.25) is 9.80 Å². The fourth-order valence-electron chi connectivity index (χ4n) is 3.51. The zero-order valence-corrected chi connectivity index (χ0v) is 11.8. The molecule has 3 heterocycles. The maximum absolute atomic E-state index is 5.83. The third kappa shape index (κ3) is 2.72. The summed E-state index contributed by atoms with van der Waals surface area (Å²) >= 11 is 0. The molecule has 0 radical (unpaired) electrons. The number of nitrogens with one attached hydrogen (secondary N) is 1. The molecule has 0 bridgehead atoms. The second kappa shape index (κ2) is 5.08. The van der Waals surface area contributed by atoms with Crippen LogP contribution < -0.4 is 5.32 Å². The van der Waals surface area contributed by atoms with Gasteiger partial charge in [0.1, 0.15) is 0 Å². The lowest BCUT2D eigenvalue weighted by molar-refractivity contribution is -0.0898. The Morgan fingerprint density at radius 3 is 2.11 bits per heavy atom. The molecule has 3 saturated heterocycles. The maximum atomic E-state index is 5.83. The Morgan fingerprint density at radius 2 is 1.61 bits per heavy atom. The first kappa shape index (κ1) is 12.9. The van der Waals surface area contributed by atoms with Crippen LogP contribution in [-0.4, -0.2) is 73.4 Å². The van der Waals surface area contributed by atoms with E-state index in [2.05, 4.69) is 29.0 Å². The lowest BCUT2D eigenvalue weighted by atomic mass is 9.92. The van der Waals surface area contributed by atoms with E-state index >= 15 is 0 Å². The molecule has 0 spiro atoms. The summed E-state index contributed by atoms with van der Waals surface area (Å²) in [4.78, 5) is 5.37. The van der Waals surface area contributed by atoms with Crippen molar-refractivity contribution >= 4 is 0 Å². The first-order valence-corrected chi connectivity index (χ1v) is 7.47. The third-order valence-electron chi connectivity index (χ3n) is 4.81. The second-order valence-electron chi connectivity index (χ2n) is 6.64. The zero-order chi connectivity index (χ0) is 12.6. The van der Waals surface area contributed by atoms with Crippen LogP contribution in [-0.2, 0) is 4.74 Å². The number of hydrogen-bond acceptors (Lipinski definition) is 4. The normalized spacial score (nSPS) is 35.3. The van der Waals surface area contributed by atoms with Crippen LogP contribution in [0.1, 0.15) is 26.7 Å². The van der Waals surface area contributed by atoms with Crippen molar-refractivity contribution in [1.29, 1.82) is 0 Å².